The summed E-state index contributed by atoms with van der Waals surface area (Å²) in [6, 6.07) is -8.61. The molecule has 1 saturated heterocycles. The first-order valence-electron chi connectivity index (χ1n) is 25.0. The number of aliphatic carboxylic acids is 1. The van der Waals surface area contributed by atoms with Crippen molar-refractivity contribution in [1.29, 1.82) is 0 Å². The zero-order valence-electron chi connectivity index (χ0n) is 42.0. The number of hydrogen-bond donors (Lipinski definition) is 15. The normalized spacial score (nSPS) is 23.7. The Morgan fingerprint density at radius 3 is 1.46 bits per heavy atom. The number of carboxylic acids is 1. The van der Waals surface area contributed by atoms with Crippen molar-refractivity contribution in [2.45, 2.75) is 184 Å². The number of phenolic OH excluding ortho intramolecular Hbond substituents is 1. The summed E-state index contributed by atoms with van der Waals surface area (Å²) in [6.07, 6.45) is 5.30. The van der Waals surface area contributed by atoms with Crippen molar-refractivity contribution in [2.24, 2.45) is 11.5 Å². The average molecular weight is 1050 g/mol. The van der Waals surface area contributed by atoms with E-state index < -0.39 is 165 Å². The molecule has 1 heterocycles. The van der Waals surface area contributed by atoms with Crippen LogP contribution in [0.5, 0.6) is 5.75 Å². The third-order valence-electron chi connectivity index (χ3n) is 12.0. The SMILES string of the molecule is CCCCCCCCCCCCCC1CC(=O)NC(CC(N)=O)C(=O)NC(Cc2ccc(O)cc2)C(=O)NC(CC(N)=O)C(=O)NC(CO)C(=O)NC(CCC(=O)O)C(=O)NC(CO)C(=O)NC(C(C)O)C(=O)N1. The van der Waals surface area contributed by atoms with Crippen molar-refractivity contribution in [1.82, 2.24) is 42.5 Å². The standard InChI is InChI=1S/C48H76N10O16/c1-3-4-5-6-7-8-9-10-11-12-13-14-29-22-39(65)52-33(23-37(49)63)44(70)54-32(21-28-15-17-30(62)18-16-28)43(69)55-34(24-38(50)64)45(71)57-35(25-59)46(72)53-31(19-20-40(66)67)42(68)56-36(26-60)47(73)58-41(27(2)61)48(74)51-29/h15-18,27,29,31-36,41,59-62H,3-14,19-26H2,1-2H3,(H2,49,63)(H2,50,64)(H,51,74)(H,52,65)(H,53,72)(H,54,70)(H,55,69)(H,56,68)(H,57,71)(H,58,73)(H,66,67). The maximum atomic E-state index is 14.1. The summed E-state index contributed by atoms with van der Waals surface area (Å²) < 4.78 is 0. The lowest BCUT2D eigenvalue weighted by Crippen LogP contribution is -2.62. The number of carbonyl (C=O) groups is 11. The van der Waals surface area contributed by atoms with Gasteiger partial charge in [-0.2, -0.15) is 0 Å². The first-order valence-corrected chi connectivity index (χ1v) is 25.0. The number of unbranched alkanes of at least 4 members (excludes halogenated alkanes) is 10. The lowest BCUT2D eigenvalue weighted by atomic mass is 10.0. The van der Waals surface area contributed by atoms with Gasteiger partial charge in [-0.3, -0.25) is 52.7 Å². The first kappa shape index (κ1) is 63.2. The summed E-state index contributed by atoms with van der Waals surface area (Å²) in [5.74, 6) is -13.2. The molecule has 10 amide bonds. The van der Waals surface area contributed by atoms with E-state index in [4.69, 9.17) is 11.5 Å². The smallest absolute Gasteiger partial charge is 0.303 e. The summed E-state index contributed by atoms with van der Waals surface area (Å²) in [5, 5.41) is 68.7. The second kappa shape index (κ2) is 33.7. The van der Waals surface area contributed by atoms with E-state index in [0.717, 1.165) is 51.9 Å². The topological polar surface area (TPSA) is 437 Å². The zero-order chi connectivity index (χ0) is 55.3. The number of benzene rings is 1. The molecule has 0 aromatic heterocycles. The molecular formula is C48H76N10O16. The van der Waals surface area contributed by atoms with Gasteiger partial charge in [0, 0.05) is 25.3 Å². The average Bonchev–Trinajstić information content (AvgIpc) is 3.33. The molecule has 0 saturated carbocycles. The molecule has 414 valence electrons. The number of phenols is 1. The number of carbonyl (C=O) groups excluding carboxylic acids is 10. The van der Waals surface area contributed by atoms with Gasteiger partial charge in [-0.1, -0.05) is 89.7 Å². The fraction of sp³-hybridized carbons (Fsp3) is 0.646. The van der Waals surface area contributed by atoms with Crippen LogP contribution in [-0.4, -0.2) is 158 Å². The van der Waals surface area contributed by atoms with Crippen molar-refractivity contribution in [2.75, 3.05) is 13.2 Å². The van der Waals surface area contributed by atoms with Crippen molar-refractivity contribution < 1.29 is 78.3 Å². The Bertz CT molecular complexity index is 2060. The van der Waals surface area contributed by atoms with E-state index in [9.17, 15) is 78.3 Å². The monoisotopic (exact) mass is 1050 g/mol. The van der Waals surface area contributed by atoms with Crippen molar-refractivity contribution in [3.63, 3.8) is 0 Å². The zero-order valence-corrected chi connectivity index (χ0v) is 42.0. The van der Waals surface area contributed by atoms with Gasteiger partial charge in [-0.15, -0.1) is 0 Å². The van der Waals surface area contributed by atoms with E-state index in [0.29, 0.717) is 18.4 Å². The van der Waals surface area contributed by atoms with Crippen LogP contribution in [0.15, 0.2) is 24.3 Å². The lowest BCUT2D eigenvalue weighted by Gasteiger charge is -2.28. The van der Waals surface area contributed by atoms with Gasteiger partial charge in [-0.05, 0) is 37.5 Å². The second-order valence-electron chi connectivity index (χ2n) is 18.4. The predicted octanol–water partition coefficient (Wildman–Crippen LogP) is -3.10. The molecule has 9 atom stereocenters. The minimum Gasteiger partial charge on any atom is -0.508 e. The maximum absolute atomic E-state index is 14.1. The minimum absolute atomic E-state index is 0.161. The Morgan fingerprint density at radius 2 is 0.973 bits per heavy atom. The van der Waals surface area contributed by atoms with Gasteiger partial charge in [0.2, 0.25) is 59.1 Å². The molecule has 9 unspecified atom stereocenters. The van der Waals surface area contributed by atoms with Crippen LogP contribution in [0.25, 0.3) is 0 Å². The number of hydrogen-bond acceptors (Lipinski definition) is 15. The molecule has 74 heavy (non-hydrogen) atoms. The molecule has 1 aliphatic heterocycles. The number of aromatic hydroxyl groups is 1. The molecule has 2 rings (SSSR count). The molecule has 0 spiro atoms. The first-order chi connectivity index (χ1) is 35.1. The van der Waals surface area contributed by atoms with Crippen LogP contribution >= 0.6 is 0 Å². The van der Waals surface area contributed by atoms with E-state index in [1.807, 2.05) is 0 Å². The van der Waals surface area contributed by atoms with Crippen LogP contribution in [-0.2, 0) is 59.2 Å². The molecule has 1 aromatic rings. The molecule has 17 N–H and O–H groups in total. The third kappa shape index (κ3) is 24.2. The highest BCUT2D eigenvalue weighted by atomic mass is 16.4. The Kier molecular flexibility index (Phi) is 28.8. The number of aliphatic hydroxyl groups is 3. The molecule has 26 heteroatoms. The van der Waals surface area contributed by atoms with E-state index in [1.54, 1.807) is 0 Å². The van der Waals surface area contributed by atoms with Gasteiger partial charge in [0.05, 0.1) is 32.2 Å². The Balaban J connectivity index is 2.67. The third-order valence-corrected chi connectivity index (χ3v) is 12.0. The molecule has 0 bridgehead atoms. The fourth-order valence-electron chi connectivity index (χ4n) is 7.89. The number of aliphatic hydroxyl groups excluding tert-OH is 3. The van der Waals surface area contributed by atoms with Gasteiger partial charge in [0.25, 0.3) is 0 Å². The number of rotatable bonds is 24. The number of nitrogens with one attached hydrogen (secondary N) is 8. The summed E-state index contributed by atoms with van der Waals surface area (Å²) in [4.78, 5) is 146. The van der Waals surface area contributed by atoms with Gasteiger partial charge in [0.15, 0.2) is 0 Å². The van der Waals surface area contributed by atoms with Gasteiger partial charge in [0.1, 0.15) is 48.0 Å². The highest BCUT2D eigenvalue weighted by Crippen LogP contribution is 2.16. The van der Waals surface area contributed by atoms with Crippen molar-refractivity contribution >= 4 is 65.0 Å². The van der Waals surface area contributed by atoms with Crippen molar-refractivity contribution in [3.05, 3.63) is 29.8 Å². The Morgan fingerprint density at radius 1 is 0.554 bits per heavy atom. The molecule has 1 aliphatic rings. The lowest BCUT2D eigenvalue weighted by molar-refractivity contribution is -0.139. The molecule has 1 fully saturated rings. The van der Waals surface area contributed by atoms with Crippen LogP contribution in [0.3, 0.4) is 0 Å². The number of primary amides is 2. The number of amides is 10. The van der Waals surface area contributed by atoms with Crippen LogP contribution in [0, 0.1) is 0 Å². The van der Waals surface area contributed by atoms with Crippen molar-refractivity contribution in [3.8, 4) is 5.75 Å². The van der Waals surface area contributed by atoms with Gasteiger partial charge >= 0.3 is 5.97 Å². The molecule has 1 aromatic carbocycles. The van der Waals surface area contributed by atoms with E-state index in [-0.39, 0.29) is 18.6 Å². The summed E-state index contributed by atoms with van der Waals surface area (Å²) in [5.41, 5.74) is 11.2. The molecule has 0 aliphatic carbocycles. The largest absolute Gasteiger partial charge is 0.508 e. The fourth-order valence-corrected chi connectivity index (χ4v) is 7.89. The number of nitrogens with two attached hydrogens (primary N) is 2. The predicted molar refractivity (Wildman–Crippen MR) is 263 cm³/mol. The maximum Gasteiger partial charge on any atom is 0.303 e. The van der Waals surface area contributed by atoms with E-state index in [2.05, 4.69) is 49.5 Å². The Labute approximate surface area is 429 Å². The summed E-state index contributed by atoms with van der Waals surface area (Å²) in [6.45, 7) is 0.965. The van der Waals surface area contributed by atoms with Crippen LogP contribution < -0.4 is 54.0 Å². The van der Waals surface area contributed by atoms with Crippen LogP contribution in [0.1, 0.15) is 129 Å². The van der Waals surface area contributed by atoms with Crippen LogP contribution in [0.2, 0.25) is 0 Å². The quantitative estimate of drug-likeness (QED) is 0.0456. The highest BCUT2D eigenvalue weighted by Gasteiger charge is 2.36. The van der Waals surface area contributed by atoms with Gasteiger partial charge in [-0.25, -0.2) is 0 Å². The van der Waals surface area contributed by atoms with Crippen LogP contribution in [0.4, 0.5) is 0 Å². The molecule has 0 radical (unpaired) electrons. The van der Waals surface area contributed by atoms with E-state index >= 15 is 0 Å². The minimum atomic E-state index is -1.98. The Hall–Kier alpha value is -6.93. The second-order valence-corrected chi connectivity index (χ2v) is 18.4. The van der Waals surface area contributed by atoms with E-state index in [1.165, 1.54) is 37.1 Å². The highest BCUT2D eigenvalue weighted by molar-refractivity contribution is 5.99. The summed E-state index contributed by atoms with van der Waals surface area (Å²) >= 11 is 0. The number of carboxylic acid groups (broad SMARTS) is 1. The van der Waals surface area contributed by atoms with Gasteiger partial charge < -0.3 is 79.5 Å². The molecular weight excluding hydrogens is 973 g/mol. The molecule has 26 nitrogen and oxygen atoms in total. The summed E-state index contributed by atoms with van der Waals surface area (Å²) in [7, 11) is 0.